The average molecular weight is 479 g/mol. The second kappa shape index (κ2) is 12.2. The van der Waals surface area contributed by atoms with E-state index in [-0.39, 0.29) is 31.4 Å². The van der Waals surface area contributed by atoms with Crippen LogP contribution >= 0.6 is 0 Å². The Morgan fingerprint density at radius 2 is 1.63 bits per heavy atom. The summed E-state index contributed by atoms with van der Waals surface area (Å²) in [7, 11) is 0. The Morgan fingerprint density at radius 1 is 1.03 bits per heavy atom. The fourth-order valence-corrected chi connectivity index (χ4v) is 4.39. The van der Waals surface area contributed by atoms with Crippen LogP contribution in [-0.2, 0) is 14.3 Å². The molecule has 0 fully saturated rings. The smallest absolute Gasteiger partial charge is 0.407 e. The third kappa shape index (κ3) is 6.72. The molecular formula is C28H34N2O5. The Labute approximate surface area is 206 Å². The summed E-state index contributed by atoms with van der Waals surface area (Å²) in [5, 5.41) is 14.7. The lowest BCUT2D eigenvalue weighted by Gasteiger charge is -2.20. The Hall–Kier alpha value is -3.61. The van der Waals surface area contributed by atoms with Crippen LogP contribution in [0, 0.1) is 5.92 Å². The van der Waals surface area contributed by atoms with E-state index in [1.165, 1.54) is 0 Å². The van der Waals surface area contributed by atoms with Gasteiger partial charge in [0.05, 0.1) is 5.92 Å². The fraction of sp³-hybridized carbons (Fsp3) is 0.393. The standard InChI is InChI=1S/C28H34N2O5/c1-4-9-19(26(31)30-25(27(32)33)15-14-18(2)3)16-29-28(34)35-17-24-22-12-7-5-10-20(22)21-11-6-8-13-23(21)24/h5-8,10-14,19,24-25H,4,9,15-17H2,1-3H3,(H,29,34)(H,30,31)(H,32,33). The molecule has 1 aliphatic rings. The van der Waals surface area contributed by atoms with Crippen molar-refractivity contribution in [3.05, 3.63) is 71.3 Å². The summed E-state index contributed by atoms with van der Waals surface area (Å²) in [5.41, 5.74) is 5.53. The number of aliphatic carboxylic acids is 1. The number of carboxylic acids is 1. The van der Waals surface area contributed by atoms with E-state index in [1.807, 2.05) is 45.0 Å². The number of carbonyl (C=O) groups is 3. The highest BCUT2D eigenvalue weighted by atomic mass is 16.5. The quantitative estimate of drug-likeness (QED) is 0.400. The van der Waals surface area contributed by atoms with Crippen molar-refractivity contribution in [1.29, 1.82) is 0 Å². The second-order valence-electron chi connectivity index (χ2n) is 9.11. The molecular weight excluding hydrogens is 444 g/mol. The zero-order valence-corrected chi connectivity index (χ0v) is 20.5. The second-order valence-corrected chi connectivity index (χ2v) is 9.11. The normalized spacial score (nSPS) is 13.7. The van der Waals surface area contributed by atoms with Gasteiger partial charge in [0.25, 0.3) is 0 Å². The van der Waals surface area contributed by atoms with E-state index in [4.69, 9.17) is 4.74 Å². The SMILES string of the molecule is CCCC(CNC(=O)OCC1c2ccccc2-c2ccccc21)C(=O)NC(CC=C(C)C)C(=O)O. The van der Waals surface area contributed by atoms with Crippen LogP contribution in [0.2, 0.25) is 0 Å². The molecule has 2 atom stereocenters. The summed E-state index contributed by atoms with van der Waals surface area (Å²) in [6, 6.07) is 15.2. The highest BCUT2D eigenvalue weighted by molar-refractivity contribution is 5.85. The zero-order chi connectivity index (χ0) is 25.4. The predicted molar refractivity (Wildman–Crippen MR) is 135 cm³/mol. The van der Waals surface area contributed by atoms with E-state index >= 15 is 0 Å². The number of fused-ring (bicyclic) bond motifs is 3. The molecule has 2 unspecified atom stereocenters. The molecule has 0 heterocycles. The van der Waals surface area contributed by atoms with E-state index in [1.54, 1.807) is 6.08 Å². The lowest BCUT2D eigenvalue weighted by atomic mass is 9.98. The van der Waals surface area contributed by atoms with Gasteiger partial charge in [-0.05, 0) is 48.9 Å². The maximum absolute atomic E-state index is 12.8. The molecule has 0 saturated heterocycles. The Morgan fingerprint density at radius 3 is 2.17 bits per heavy atom. The largest absolute Gasteiger partial charge is 0.480 e. The van der Waals surface area contributed by atoms with Gasteiger partial charge in [-0.15, -0.1) is 0 Å². The molecule has 0 saturated carbocycles. The topological polar surface area (TPSA) is 105 Å². The van der Waals surface area contributed by atoms with Gasteiger partial charge in [0, 0.05) is 12.5 Å². The number of allylic oxidation sites excluding steroid dienone is 1. The summed E-state index contributed by atoms with van der Waals surface area (Å²) >= 11 is 0. The number of benzene rings is 2. The minimum Gasteiger partial charge on any atom is -0.480 e. The summed E-state index contributed by atoms with van der Waals surface area (Å²) in [6.07, 6.45) is 2.63. The molecule has 2 aromatic carbocycles. The molecule has 0 aromatic heterocycles. The number of nitrogens with one attached hydrogen (secondary N) is 2. The van der Waals surface area contributed by atoms with Crippen LogP contribution in [0.4, 0.5) is 4.79 Å². The van der Waals surface area contributed by atoms with Gasteiger partial charge in [0.2, 0.25) is 5.91 Å². The highest BCUT2D eigenvalue weighted by Crippen LogP contribution is 2.44. The van der Waals surface area contributed by atoms with Crippen molar-refractivity contribution >= 4 is 18.0 Å². The van der Waals surface area contributed by atoms with Crippen LogP contribution in [0.3, 0.4) is 0 Å². The van der Waals surface area contributed by atoms with Gasteiger partial charge in [-0.25, -0.2) is 9.59 Å². The van der Waals surface area contributed by atoms with Crippen molar-refractivity contribution in [2.45, 2.75) is 52.0 Å². The molecule has 0 aliphatic heterocycles. The van der Waals surface area contributed by atoms with Crippen molar-refractivity contribution in [1.82, 2.24) is 10.6 Å². The first-order chi connectivity index (χ1) is 16.8. The van der Waals surface area contributed by atoms with Gasteiger partial charge in [0.15, 0.2) is 0 Å². The summed E-state index contributed by atoms with van der Waals surface area (Å²) in [4.78, 5) is 36.8. The van der Waals surface area contributed by atoms with Crippen molar-refractivity contribution in [2.75, 3.05) is 13.2 Å². The number of hydrogen-bond donors (Lipinski definition) is 3. The molecule has 2 amide bonds. The molecule has 7 heteroatoms. The molecule has 0 radical (unpaired) electrons. The third-order valence-electron chi connectivity index (χ3n) is 6.22. The van der Waals surface area contributed by atoms with Crippen LogP contribution in [0.25, 0.3) is 11.1 Å². The molecule has 3 N–H and O–H groups in total. The average Bonchev–Trinajstić information content (AvgIpc) is 3.16. The molecule has 2 aromatic rings. The van der Waals surface area contributed by atoms with Crippen molar-refractivity contribution in [3.63, 3.8) is 0 Å². The molecule has 0 bridgehead atoms. The predicted octanol–water partition coefficient (Wildman–Crippen LogP) is 4.87. The van der Waals surface area contributed by atoms with E-state index in [9.17, 15) is 19.5 Å². The Kier molecular flexibility index (Phi) is 9.06. The fourth-order valence-electron chi connectivity index (χ4n) is 4.39. The molecule has 1 aliphatic carbocycles. The molecule has 0 spiro atoms. The number of carbonyl (C=O) groups excluding carboxylic acids is 2. The maximum Gasteiger partial charge on any atom is 0.407 e. The third-order valence-corrected chi connectivity index (χ3v) is 6.22. The first kappa shape index (κ1) is 26.0. The van der Waals surface area contributed by atoms with E-state index in [0.717, 1.165) is 34.2 Å². The molecule has 7 nitrogen and oxygen atoms in total. The minimum absolute atomic E-state index is 0.0470. The summed E-state index contributed by atoms with van der Waals surface area (Å²) < 4.78 is 5.55. The molecule has 3 rings (SSSR count). The first-order valence-electron chi connectivity index (χ1n) is 12.1. The van der Waals surface area contributed by atoms with Crippen LogP contribution in [-0.4, -0.2) is 42.3 Å². The van der Waals surface area contributed by atoms with Crippen LogP contribution in [0.5, 0.6) is 0 Å². The van der Waals surface area contributed by atoms with Crippen molar-refractivity contribution in [3.8, 4) is 11.1 Å². The van der Waals surface area contributed by atoms with Gasteiger partial charge in [-0.2, -0.15) is 0 Å². The molecule has 186 valence electrons. The number of ether oxygens (including phenoxy) is 1. The van der Waals surface area contributed by atoms with E-state index in [2.05, 4.69) is 34.9 Å². The van der Waals surface area contributed by atoms with Crippen LogP contribution in [0.15, 0.2) is 60.2 Å². The van der Waals surface area contributed by atoms with Gasteiger partial charge in [-0.1, -0.05) is 73.5 Å². The number of hydrogen-bond acceptors (Lipinski definition) is 4. The number of amides is 2. The van der Waals surface area contributed by atoms with Gasteiger partial charge in [0.1, 0.15) is 12.6 Å². The van der Waals surface area contributed by atoms with Crippen molar-refractivity contribution < 1.29 is 24.2 Å². The zero-order valence-electron chi connectivity index (χ0n) is 20.5. The van der Waals surface area contributed by atoms with Crippen LogP contribution in [0.1, 0.15) is 57.1 Å². The number of rotatable bonds is 11. The monoisotopic (exact) mass is 478 g/mol. The number of alkyl carbamates (subject to hydrolysis) is 1. The highest BCUT2D eigenvalue weighted by Gasteiger charge is 2.29. The molecule has 35 heavy (non-hydrogen) atoms. The minimum atomic E-state index is -1.09. The van der Waals surface area contributed by atoms with E-state index in [0.29, 0.717) is 6.42 Å². The number of carboxylic acid groups (broad SMARTS) is 1. The van der Waals surface area contributed by atoms with Gasteiger partial charge in [-0.3, -0.25) is 4.79 Å². The summed E-state index contributed by atoms with van der Waals surface area (Å²) in [6.45, 7) is 5.95. The van der Waals surface area contributed by atoms with E-state index < -0.39 is 24.0 Å². The Balaban J connectivity index is 1.57. The van der Waals surface area contributed by atoms with Crippen LogP contribution < -0.4 is 10.6 Å². The van der Waals surface area contributed by atoms with Crippen molar-refractivity contribution in [2.24, 2.45) is 5.92 Å². The lowest BCUT2D eigenvalue weighted by Crippen LogP contribution is -2.46. The maximum atomic E-state index is 12.8. The Bertz CT molecular complexity index is 1040. The van der Waals surface area contributed by atoms with Gasteiger partial charge >= 0.3 is 12.1 Å². The first-order valence-corrected chi connectivity index (χ1v) is 12.1. The summed E-state index contributed by atoms with van der Waals surface area (Å²) in [5.74, 6) is -2.07. The van der Waals surface area contributed by atoms with Gasteiger partial charge < -0.3 is 20.5 Å². The lowest BCUT2D eigenvalue weighted by molar-refractivity contribution is -0.142.